The van der Waals surface area contributed by atoms with Gasteiger partial charge in [0.1, 0.15) is 0 Å². The molecule has 1 aromatic rings. The summed E-state index contributed by atoms with van der Waals surface area (Å²) in [6, 6.07) is 6.26. The Morgan fingerprint density at radius 1 is 1.39 bits per heavy atom. The van der Waals surface area contributed by atoms with Crippen molar-refractivity contribution in [2.75, 3.05) is 6.61 Å². The predicted octanol–water partition coefficient (Wildman–Crippen LogP) is 3.60. The first-order valence-corrected chi connectivity index (χ1v) is 6.30. The molecule has 0 amide bonds. The second kappa shape index (κ2) is 5.85. The summed E-state index contributed by atoms with van der Waals surface area (Å²) in [5.74, 6) is -0.210. The third kappa shape index (κ3) is 3.22. The van der Waals surface area contributed by atoms with Crippen LogP contribution in [0.2, 0.25) is 0 Å². The lowest BCUT2D eigenvalue weighted by molar-refractivity contribution is -0.151. The van der Waals surface area contributed by atoms with Gasteiger partial charge in [-0.3, -0.25) is 4.79 Å². The van der Waals surface area contributed by atoms with Gasteiger partial charge in [0.25, 0.3) is 0 Å². The smallest absolute Gasteiger partial charge is 0.315 e. The molecule has 0 heterocycles. The Hall–Kier alpha value is -1.57. The summed E-state index contributed by atoms with van der Waals surface area (Å²) in [6.45, 7) is 12.0. The molecule has 98 valence electrons. The van der Waals surface area contributed by atoms with E-state index < -0.39 is 5.41 Å². The van der Waals surface area contributed by atoms with Crippen molar-refractivity contribution in [3.8, 4) is 0 Å². The van der Waals surface area contributed by atoms with Crippen molar-refractivity contribution < 1.29 is 9.53 Å². The predicted molar refractivity (Wildman–Crippen MR) is 74.6 cm³/mol. The van der Waals surface area contributed by atoms with Gasteiger partial charge < -0.3 is 4.74 Å². The maximum atomic E-state index is 12.0. The van der Waals surface area contributed by atoms with Crippen molar-refractivity contribution >= 4 is 5.97 Å². The van der Waals surface area contributed by atoms with E-state index in [9.17, 15) is 4.79 Å². The number of benzene rings is 1. The normalized spacial score (nSPS) is 13.8. The van der Waals surface area contributed by atoms with Gasteiger partial charge in [0.2, 0.25) is 0 Å². The maximum Gasteiger partial charge on any atom is 0.315 e. The second-order valence-corrected chi connectivity index (χ2v) is 4.94. The molecule has 0 spiro atoms. The van der Waals surface area contributed by atoms with E-state index in [1.54, 1.807) is 6.08 Å². The molecule has 0 aromatic heterocycles. The molecule has 0 aliphatic carbocycles. The van der Waals surface area contributed by atoms with E-state index in [1.807, 2.05) is 13.8 Å². The Labute approximate surface area is 110 Å². The van der Waals surface area contributed by atoms with E-state index >= 15 is 0 Å². The molecule has 1 atom stereocenters. The number of ether oxygens (including phenoxy) is 1. The van der Waals surface area contributed by atoms with Crippen LogP contribution in [0.15, 0.2) is 30.9 Å². The highest BCUT2D eigenvalue weighted by molar-refractivity contribution is 5.79. The zero-order valence-electron chi connectivity index (χ0n) is 11.7. The number of carbonyl (C=O) groups is 1. The van der Waals surface area contributed by atoms with Gasteiger partial charge >= 0.3 is 5.97 Å². The van der Waals surface area contributed by atoms with Crippen molar-refractivity contribution in [1.82, 2.24) is 0 Å². The molecule has 1 unspecified atom stereocenters. The van der Waals surface area contributed by atoms with Crippen molar-refractivity contribution in [2.24, 2.45) is 5.41 Å². The molecule has 0 saturated heterocycles. The molecule has 2 heteroatoms. The quantitative estimate of drug-likeness (QED) is 0.586. The van der Waals surface area contributed by atoms with Gasteiger partial charge in [0, 0.05) is 0 Å². The van der Waals surface area contributed by atoms with Crippen molar-refractivity contribution in [3.05, 3.63) is 47.5 Å². The SMILES string of the molecule is C=CC(C)(Cc1ccc(C)c(C)c1)C(=O)OCC. The highest BCUT2D eigenvalue weighted by atomic mass is 16.5. The molecule has 0 aliphatic heterocycles. The van der Waals surface area contributed by atoms with Crippen molar-refractivity contribution in [1.29, 1.82) is 0 Å². The number of hydrogen-bond acceptors (Lipinski definition) is 2. The van der Waals surface area contributed by atoms with Crippen LogP contribution >= 0.6 is 0 Å². The third-order valence-corrected chi connectivity index (χ3v) is 3.33. The first-order chi connectivity index (χ1) is 8.42. The van der Waals surface area contributed by atoms with Gasteiger partial charge in [-0.25, -0.2) is 0 Å². The minimum absolute atomic E-state index is 0.210. The van der Waals surface area contributed by atoms with Crippen LogP contribution in [-0.2, 0) is 16.0 Å². The summed E-state index contributed by atoms with van der Waals surface area (Å²) in [4.78, 5) is 12.0. The number of rotatable bonds is 5. The highest BCUT2D eigenvalue weighted by Gasteiger charge is 2.31. The lowest BCUT2D eigenvalue weighted by atomic mass is 9.83. The van der Waals surface area contributed by atoms with Crippen LogP contribution < -0.4 is 0 Å². The molecular formula is C16H22O2. The summed E-state index contributed by atoms with van der Waals surface area (Å²) in [7, 11) is 0. The first-order valence-electron chi connectivity index (χ1n) is 6.30. The van der Waals surface area contributed by atoms with Gasteiger partial charge in [0.05, 0.1) is 12.0 Å². The van der Waals surface area contributed by atoms with Crippen LogP contribution in [0.4, 0.5) is 0 Å². The number of aryl methyl sites for hydroxylation is 2. The van der Waals surface area contributed by atoms with Crippen LogP contribution in [0.5, 0.6) is 0 Å². The maximum absolute atomic E-state index is 12.0. The van der Waals surface area contributed by atoms with Crippen molar-refractivity contribution in [3.63, 3.8) is 0 Å². The fourth-order valence-electron chi connectivity index (χ4n) is 1.86. The Balaban J connectivity index is 2.94. The third-order valence-electron chi connectivity index (χ3n) is 3.33. The van der Waals surface area contributed by atoms with Gasteiger partial charge in [-0.2, -0.15) is 0 Å². The van der Waals surface area contributed by atoms with Crippen LogP contribution in [-0.4, -0.2) is 12.6 Å². The molecule has 0 N–H and O–H groups in total. The monoisotopic (exact) mass is 246 g/mol. The molecule has 1 aromatic carbocycles. The van der Waals surface area contributed by atoms with Crippen LogP contribution in [0.1, 0.15) is 30.5 Å². The summed E-state index contributed by atoms with van der Waals surface area (Å²) in [5, 5.41) is 0. The molecular weight excluding hydrogens is 224 g/mol. The Morgan fingerprint density at radius 3 is 2.56 bits per heavy atom. The van der Waals surface area contributed by atoms with Gasteiger partial charge in [-0.05, 0) is 50.8 Å². The summed E-state index contributed by atoms with van der Waals surface area (Å²) < 4.78 is 5.11. The molecule has 0 saturated carbocycles. The average Bonchev–Trinajstić information content (AvgIpc) is 2.34. The summed E-state index contributed by atoms with van der Waals surface area (Å²) in [6.07, 6.45) is 2.30. The van der Waals surface area contributed by atoms with E-state index in [0.29, 0.717) is 13.0 Å². The van der Waals surface area contributed by atoms with E-state index in [2.05, 4.69) is 38.6 Å². The molecule has 1 rings (SSSR count). The highest BCUT2D eigenvalue weighted by Crippen LogP contribution is 2.26. The average molecular weight is 246 g/mol. The van der Waals surface area contributed by atoms with E-state index in [4.69, 9.17) is 4.74 Å². The van der Waals surface area contributed by atoms with Gasteiger partial charge in [0.15, 0.2) is 0 Å². The largest absolute Gasteiger partial charge is 0.465 e. The number of esters is 1. The zero-order valence-corrected chi connectivity index (χ0v) is 11.7. The molecule has 2 nitrogen and oxygen atoms in total. The van der Waals surface area contributed by atoms with Gasteiger partial charge in [-0.15, -0.1) is 6.58 Å². The lowest BCUT2D eigenvalue weighted by Gasteiger charge is -2.23. The zero-order chi connectivity index (χ0) is 13.8. The Morgan fingerprint density at radius 2 is 2.06 bits per heavy atom. The lowest BCUT2D eigenvalue weighted by Crippen LogP contribution is -2.30. The van der Waals surface area contributed by atoms with E-state index in [-0.39, 0.29) is 5.97 Å². The van der Waals surface area contributed by atoms with Crippen LogP contribution in [0.3, 0.4) is 0 Å². The molecule has 18 heavy (non-hydrogen) atoms. The number of hydrogen-bond donors (Lipinski definition) is 0. The van der Waals surface area contributed by atoms with Crippen LogP contribution in [0, 0.1) is 19.3 Å². The Kier molecular flexibility index (Phi) is 4.71. The minimum atomic E-state index is -0.655. The minimum Gasteiger partial charge on any atom is -0.465 e. The summed E-state index contributed by atoms with van der Waals surface area (Å²) in [5.41, 5.74) is 2.98. The molecule has 0 radical (unpaired) electrons. The standard InChI is InChI=1S/C16H22O2/c1-6-16(5,15(17)18-7-2)11-14-9-8-12(3)13(4)10-14/h6,8-10H,1,7,11H2,2-5H3. The van der Waals surface area contributed by atoms with Gasteiger partial charge in [-0.1, -0.05) is 24.3 Å². The first kappa shape index (κ1) is 14.5. The van der Waals surface area contributed by atoms with E-state index in [1.165, 1.54) is 11.1 Å². The molecule has 0 fully saturated rings. The second-order valence-electron chi connectivity index (χ2n) is 4.94. The summed E-state index contributed by atoms with van der Waals surface area (Å²) >= 11 is 0. The van der Waals surface area contributed by atoms with Crippen molar-refractivity contribution in [2.45, 2.75) is 34.1 Å². The molecule has 0 aliphatic rings. The van der Waals surface area contributed by atoms with Crippen LogP contribution in [0.25, 0.3) is 0 Å². The Bertz CT molecular complexity index is 448. The fraction of sp³-hybridized carbons (Fsp3) is 0.438. The molecule has 0 bridgehead atoms. The topological polar surface area (TPSA) is 26.3 Å². The fourth-order valence-corrected chi connectivity index (χ4v) is 1.86. The number of carbonyl (C=O) groups excluding carboxylic acids is 1. The van der Waals surface area contributed by atoms with E-state index in [0.717, 1.165) is 5.56 Å².